The molecule has 0 aliphatic heterocycles. The first-order chi connectivity index (χ1) is 17.4. The minimum absolute atomic E-state index is 0.0938. The van der Waals surface area contributed by atoms with Gasteiger partial charge in [-0.1, -0.05) is 60.7 Å². The lowest BCUT2D eigenvalue weighted by Crippen LogP contribution is -2.44. The highest BCUT2D eigenvalue weighted by molar-refractivity contribution is 7.90. The van der Waals surface area contributed by atoms with Crippen molar-refractivity contribution < 1.29 is 13.2 Å². The van der Waals surface area contributed by atoms with E-state index in [1.165, 1.54) is 9.54 Å². The summed E-state index contributed by atoms with van der Waals surface area (Å²) in [6, 6.07) is 27.1. The summed E-state index contributed by atoms with van der Waals surface area (Å²) in [5, 5.41) is 0.913. The van der Waals surface area contributed by atoms with Crippen LogP contribution in [0.3, 0.4) is 0 Å². The van der Waals surface area contributed by atoms with Crippen molar-refractivity contribution >= 4 is 20.9 Å². The average molecular weight is 503 g/mol. The van der Waals surface area contributed by atoms with Crippen molar-refractivity contribution in [1.29, 1.82) is 0 Å². The van der Waals surface area contributed by atoms with Gasteiger partial charge in [0.15, 0.2) is 0 Å². The summed E-state index contributed by atoms with van der Waals surface area (Å²) in [5.41, 5.74) is 3.18. The summed E-state index contributed by atoms with van der Waals surface area (Å²) in [6.45, 7) is 1.19. The van der Waals surface area contributed by atoms with Gasteiger partial charge in [-0.25, -0.2) is 12.4 Å². The molecule has 5 nitrogen and oxygen atoms in total. The first-order valence-corrected chi connectivity index (χ1v) is 14.1. The van der Waals surface area contributed by atoms with Crippen molar-refractivity contribution in [2.75, 3.05) is 20.7 Å². The topological polar surface area (TPSA) is 51.5 Å². The molecule has 1 aliphatic carbocycles. The standard InChI is InChI=1S/C30H34N2O3S/c1-31(2)30(26-11-5-3-6-12-26)19-16-24(17-20-30)22-35-23-25-10-9-15-29-28(25)18-21-32(29)36(33,34)27-13-7-4-8-14-27/h3-15,18,21,24H,16-17,19-20,22-23H2,1-2H3. The van der Waals surface area contributed by atoms with Gasteiger partial charge in [0.05, 0.1) is 17.0 Å². The van der Waals surface area contributed by atoms with E-state index in [0.29, 0.717) is 18.0 Å². The molecular formula is C30H34N2O3S. The summed E-state index contributed by atoms with van der Waals surface area (Å²) in [7, 11) is 0.732. The molecule has 0 atom stereocenters. The highest BCUT2D eigenvalue weighted by Crippen LogP contribution is 2.43. The molecule has 0 bridgehead atoms. The van der Waals surface area contributed by atoms with Gasteiger partial charge in [0, 0.05) is 23.7 Å². The van der Waals surface area contributed by atoms with E-state index in [-0.39, 0.29) is 10.4 Å². The van der Waals surface area contributed by atoms with E-state index in [1.54, 1.807) is 30.5 Å². The van der Waals surface area contributed by atoms with E-state index in [1.807, 2.05) is 30.3 Å². The van der Waals surface area contributed by atoms with Crippen LogP contribution in [-0.2, 0) is 26.9 Å². The van der Waals surface area contributed by atoms with Gasteiger partial charge in [-0.05, 0) is 81.1 Å². The van der Waals surface area contributed by atoms with E-state index in [4.69, 9.17) is 4.74 Å². The molecule has 188 valence electrons. The lowest BCUT2D eigenvalue weighted by molar-refractivity contribution is 0.0290. The lowest BCUT2D eigenvalue weighted by Gasteiger charge is -2.45. The van der Waals surface area contributed by atoms with Gasteiger partial charge in [0.1, 0.15) is 0 Å². The second-order valence-corrected chi connectivity index (χ2v) is 11.8. The molecule has 1 saturated carbocycles. The van der Waals surface area contributed by atoms with Crippen LogP contribution in [0.25, 0.3) is 10.9 Å². The average Bonchev–Trinajstić information content (AvgIpc) is 3.36. The number of nitrogens with zero attached hydrogens (tertiary/aromatic N) is 2. The Balaban J connectivity index is 1.25. The van der Waals surface area contributed by atoms with Crippen LogP contribution in [0.4, 0.5) is 0 Å². The van der Waals surface area contributed by atoms with Gasteiger partial charge in [-0.15, -0.1) is 0 Å². The van der Waals surface area contributed by atoms with Crippen LogP contribution in [0, 0.1) is 5.92 Å². The van der Waals surface area contributed by atoms with Crippen LogP contribution in [-0.4, -0.2) is 38.0 Å². The molecule has 6 heteroatoms. The predicted molar refractivity (Wildman–Crippen MR) is 144 cm³/mol. The van der Waals surface area contributed by atoms with Gasteiger partial charge in [0.25, 0.3) is 10.0 Å². The smallest absolute Gasteiger partial charge is 0.268 e. The molecule has 0 radical (unpaired) electrons. The van der Waals surface area contributed by atoms with Gasteiger partial charge >= 0.3 is 0 Å². The van der Waals surface area contributed by atoms with Gasteiger partial charge in [0.2, 0.25) is 0 Å². The minimum atomic E-state index is -3.65. The van der Waals surface area contributed by atoms with E-state index in [9.17, 15) is 8.42 Å². The summed E-state index contributed by atoms with van der Waals surface area (Å²) in [6.07, 6.45) is 6.13. The van der Waals surface area contributed by atoms with Crippen molar-refractivity contribution in [3.8, 4) is 0 Å². The molecule has 0 spiro atoms. The molecule has 0 saturated heterocycles. The maximum absolute atomic E-state index is 13.2. The molecular weight excluding hydrogens is 468 g/mol. The van der Waals surface area contributed by atoms with E-state index < -0.39 is 10.0 Å². The Labute approximate surface area is 214 Å². The van der Waals surface area contributed by atoms with Crippen LogP contribution in [0.1, 0.15) is 36.8 Å². The fourth-order valence-electron chi connectivity index (χ4n) is 5.65. The Morgan fingerprint density at radius 1 is 0.889 bits per heavy atom. The maximum Gasteiger partial charge on any atom is 0.268 e. The largest absolute Gasteiger partial charge is 0.376 e. The minimum Gasteiger partial charge on any atom is -0.376 e. The SMILES string of the molecule is CN(C)C1(c2ccccc2)CCC(COCc2cccc3c2ccn3S(=O)(=O)c2ccccc2)CC1. The van der Waals surface area contributed by atoms with Gasteiger partial charge in [-0.2, -0.15) is 0 Å². The summed E-state index contributed by atoms with van der Waals surface area (Å²) in [5.74, 6) is 0.532. The van der Waals surface area contributed by atoms with Crippen LogP contribution in [0.15, 0.2) is 96.0 Å². The first-order valence-electron chi connectivity index (χ1n) is 12.6. The predicted octanol–water partition coefficient (Wildman–Crippen LogP) is 6.04. The normalized spacial score (nSPS) is 20.7. The zero-order valence-corrected chi connectivity index (χ0v) is 21.8. The zero-order valence-electron chi connectivity index (χ0n) is 21.0. The quantitative estimate of drug-likeness (QED) is 0.295. The highest BCUT2D eigenvalue weighted by Gasteiger charge is 2.38. The van der Waals surface area contributed by atoms with E-state index in [2.05, 4.69) is 49.3 Å². The van der Waals surface area contributed by atoms with E-state index in [0.717, 1.165) is 43.2 Å². The monoisotopic (exact) mass is 502 g/mol. The Kier molecular flexibility index (Phi) is 7.02. The van der Waals surface area contributed by atoms with E-state index >= 15 is 0 Å². The Morgan fingerprint density at radius 3 is 2.22 bits per heavy atom. The molecule has 1 heterocycles. The summed E-state index contributed by atoms with van der Waals surface area (Å²) < 4.78 is 33.9. The number of benzene rings is 3. The molecule has 0 amide bonds. The van der Waals surface area contributed by atoms with Crippen LogP contribution in [0.2, 0.25) is 0 Å². The lowest BCUT2D eigenvalue weighted by atomic mass is 9.72. The molecule has 36 heavy (non-hydrogen) atoms. The fraction of sp³-hybridized carbons (Fsp3) is 0.333. The summed E-state index contributed by atoms with van der Waals surface area (Å²) >= 11 is 0. The number of rotatable bonds is 8. The van der Waals surface area contributed by atoms with Gasteiger partial charge in [-0.3, -0.25) is 4.90 Å². The number of hydrogen-bond acceptors (Lipinski definition) is 4. The number of hydrogen-bond donors (Lipinski definition) is 0. The third-order valence-corrected chi connectivity index (χ3v) is 9.50. The van der Waals surface area contributed by atoms with Crippen LogP contribution < -0.4 is 0 Å². The molecule has 3 aromatic carbocycles. The maximum atomic E-state index is 13.2. The molecule has 0 N–H and O–H groups in total. The van der Waals surface area contributed by atoms with Crippen molar-refractivity contribution in [1.82, 2.24) is 8.87 Å². The van der Waals surface area contributed by atoms with Crippen LogP contribution >= 0.6 is 0 Å². The molecule has 1 aromatic heterocycles. The second-order valence-electron chi connectivity index (χ2n) is 10.0. The molecule has 4 aromatic rings. The van der Waals surface area contributed by atoms with Crippen LogP contribution in [0.5, 0.6) is 0 Å². The third-order valence-electron chi connectivity index (χ3n) is 7.80. The fourth-order valence-corrected chi connectivity index (χ4v) is 7.02. The zero-order chi connectivity index (χ0) is 25.2. The Morgan fingerprint density at radius 2 is 1.56 bits per heavy atom. The Bertz CT molecular complexity index is 1400. The highest BCUT2D eigenvalue weighted by atomic mass is 32.2. The van der Waals surface area contributed by atoms with Crippen molar-refractivity contribution in [3.05, 3.63) is 102 Å². The molecule has 1 fully saturated rings. The van der Waals surface area contributed by atoms with Crippen molar-refractivity contribution in [2.45, 2.75) is 42.7 Å². The van der Waals surface area contributed by atoms with Crippen molar-refractivity contribution in [3.63, 3.8) is 0 Å². The number of aromatic nitrogens is 1. The second kappa shape index (κ2) is 10.2. The van der Waals surface area contributed by atoms with Crippen molar-refractivity contribution in [2.24, 2.45) is 5.92 Å². The third kappa shape index (κ3) is 4.61. The Hall–Kier alpha value is -2.93. The number of ether oxygens (including phenoxy) is 1. The van der Waals surface area contributed by atoms with Gasteiger partial charge < -0.3 is 4.74 Å². The summed E-state index contributed by atoms with van der Waals surface area (Å²) in [4.78, 5) is 2.67. The molecule has 0 unspecified atom stereocenters. The first kappa shape index (κ1) is 24.8. The number of fused-ring (bicyclic) bond motifs is 1. The molecule has 1 aliphatic rings. The molecule has 5 rings (SSSR count).